The van der Waals surface area contributed by atoms with Crippen LogP contribution in [0.25, 0.3) is 11.0 Å². The molecule has 0 spiro atoms. The first-order chi connectivity index (χ1) is 8.27. The van der Waals surface area contributed by atoms with Gasteiger partial charge in [0.25, 0.3) is 0 Å². The Morgan fingerprint density at radius 3 is 2.71 bits per heavy atom. The molecular weight excluding hydrogens is 212 g/mol. The molecule has 3 heteroatoms. The van der Waals surface area contributed by atoms with Crippen LogP contribution in [0.5, 0.6) is 0 Å². The summed E-state index contributed by atoms with van der Waals surface area (Å²) in [4.78, 5) is 2.45. The zero-order valence-corrected chi connectivity index (χ0v) is 10.4. The van der Waals surface area contributed by atoms with E-state index >= 15 is 0 Å². The Labute approximate surface area is 101 Å². The lowest BCUT2D eigenvalue weighted by atomic mass is 10.1. The molecule has 1 N–H and O–H groups in total. The van der Waals surface area contributed by atoms with Gasteiger partial charge in [-0.1, -0.05) is 6.07 Å². The number of aryl methyl sites for hydroxylation is 2. The van der Waals surface area contributed by atoms with Crippen molar-refractivity contribution in [3.63, 3.8) is 0 Å². The zero-order chi connectivity index (χ0) is 11.8. The van der Waals surface area contributed by atoms with E-state index in [-0.39, 0.29) is 0 Å². The van der Waals surface area contributed by atoms with Gasteiger partial charge in [-0.15, -0.1) is 0 Å². The molecular formula is C14H18N2O. The van der Waals surface area contributed by atoms with Crippen LogP contribution in [0.4, 0.5) is 5.69 Å². The normalized spacial score (nSPS) is 16.7. The summed E-state index contributed by atoms with van der Waals surface area (Å²) >= 11 is 0. The Kier molecular flexibility index (Phi) is 2.56. The van der Waals surface area contributed by atoms with Crippen molar-refractivity contribution in [2.75, 3.05) is 31.1 Å². The number of nitrogens with one attached hydrogen (secondary N) is 1. The average Bonchev–Trinajstić information content (AvgIpc) is 2.66. The molecule has 2 aromatic rings. The Bertz CT molecular complexity index is 538. The van der Waals surface area contributed by atoms with Gasteiger partial charge in [0.15, 0.2) is 0 Å². The van der Waals surface area contributed by atoms with Crippen molar-refractivity contribution in [3.8, 4) is 0 Å². The summed E-state index contributed by atoms with van der Waals surface area (Å²) < 4.78 is 5.79. The Morgan fingerprint density at radius 1 is 1.18 bits per heavy atom. The van der Waals surface area contributed by atoms with Gasteiger partial charge in [-0.05, 0) is 26.0 Å². The van der Waals surface area contributed by atoms with Gasteiger partial charge in [-0.2, -0.15) is 0 Å². The molecule has 1 aliphatic rings. The largest absolute Gasteiger partial charge is 0.461 e. The molecule has 1 aromatic heterocycles. The third kappa shape index (κ3) is 1.71. The maximum atomic E-state index is 5.79. The molecule has 3 rings (SSSR count). The first kappa shape index (κ1) is 10.7. The predicted octanol–water partition coefficient (Wildman–Crippen LogP) is 2.46. The van der Waals surface area contributed by atoms with Gasteiger partial charge in [0, 0.05) is 42.8 Å². The fraction of sp³-hybridized carbons (Fsp3) is 0.429. The average molecular weight is 230 g/mol. The highest BCUT2D eigenvalue weighted by atomic mass is 16.3. The number of anilines is 1. The molecule has 0 bridgehead atoms. The highest BCUT2D eigenvalue weighted by Gasteiger charge is 2.17. The standard InChI is InChI=1S/C14H18N2O/c1-10-11(2)17-13-5-3-4-12(14(10)13)16-8-6-15-7-9-16/h3-5,15H,6-9H2,1-2H3. The van der Waals surface area contributed by atoms with Crippen LogP contribution in [0.3, 0.4) is 0 Å². The number of furan rings is 1. The highest BCUT2D eigenvalue weighted by Crippen LogP contribution is 2.33. The van der Waals surface area contributed by atoms with Crippen LogP contribution < -0.4 is 10.2 Å². The van der Waals surface area contributed by atoms with Crippen LogP contribution in [0, 0.1) is 13.8 Å². The molecule has 0 aliphatic carbocycles. The molecule has 0 amide bonds. The van der Waals surface area contributed by atoms with E-state index in [0.29, 0.717) is 0 Å². The van der Waals surface area contributed by atoms with E-state index in [4.69, 9.17) is 4.42 Å². The summed E-state index contributed by atoms with van der Waals surface area (Å²) in [6.07, 6.45) is 0. The molecule has 1 aromatic carbocycles. The second-order valence-corrected chi connectivity index (χ2v) is 4.67. The fourth-order valence-corrected chi connectivity index (χ4v) is 2.57. The Morgan fingerprint density at radius 2 is 1.94 bits per heavy atom. The van der Waals surface area contributed by atoms with Gasteiger partial charge in [-0.25, -0.2) is 0 Å². The predicted molar refractivity (Wildman–Crippen MR) is 70.8 cm³/mol. The second-order valence-electron chi connectivity index (χ2n) is 4.67. The van der Waals surface area contributed by atoms with Crippen LogP contribution in [0.1, 0.15) is 11.3 Å². The van der Waals surface area contributed by atoms with Gasteiger partial charge >= 0.3 is 0 Å². The van der Waals surface area contributed by atoms with Crippen molar-refractivity contribution in [3.05, 3.63) is 29.5 Å². The molecule has 1 aliphatic heterocycles. The molecule has 0 atom stereocenters. The zero-order valence-electron chi connectivity index (χ0n) is 10.4. The smallest absolute Gasteiger partial charge is 0.136 e. The minimum absolute atomic E-state index is 1.01. The van der Waals surface area contributed by atoms with Crippen LogP contribution in [0.15, 0.2) is 22.6 Å². The molecule has 3 nitrogen and oxygen atoms in total. The monoisotopic (exact) mass is 230 g/mol. The summed E-state index contributed by atoms with van der Waals surface area (Å²) in [5.74, 6) is 1.03. The number of hydrogen-bond donors (Lipinski definition) is 1. The van der Waals surface area contributed by atoms with Gasteiger partial charge in [0.2, 0.25) is 0 Å². The van der Waals surface area contributed by atoms with E-state index in [0.717, 1.165) is 37.5 Å². The van der Waals surface area contributed by atoms with E-state index in [1.165, 1.54) is 16.6 Å². The lowest BCUT2D eigenvalue weighted by Crippen LogP contribution is -2.43. The van der Waals surface area contributed by atoms with Crippen molar-refractivity contribution in [1.82, 2.24) is 5.32 Å². The van der Waals surface area contributed by atoms with Crippen molar-refractivity contribution in [1.29, 1.82) is 0 Å². The molecule has 0 radical (unpaired) electrons. The number of nitrogens with zero attached hydrogens (tertiary/aromatic N) is 1. The number of piperazine rings is 1. The number of rotatable bonds is 1. The second kappa shape index (κ2) is 4.08. The lowest BCUT2D eigenvalue weighted by molar-refractivity contribution is 0.574. The topological polar surface area (TPSA) is 28.4 Å². The summed E-state index contributed by atoms with van der Waals surface area (Å²) in [5.41, 5.74) is 3.60. The minimum Gasteiger partial charge on any atom is -0.461 e. The molecule has 0 unspecified atom stereocenters. The van der Waals surface area contributed by atoms with Crippen molar-refractivity contribution < 1.29 is 4.42 Å². The maximum Gasteiger partial charge on any atom is 0.136 e. The molecule has 2 heterocycles. The van der Waals surface area contributed by atoms with E-state index in [1.54, 1.807) is 0 Å². The maximum absolute atomic E-state index is 5.79. The van der Waals surface area contributed by atoms with Gasteiger partial charge in [0.1, 0.15) is 11.3 Å². The summed E-state index contributed by atoms with van der Waals surface area (Å²) in [7, 11) is 0. The first-order valence-electron chi connectivity index (χ1n) is 6.22. The highest BCUT2D eigenvalue weighted by molar-refractivity contribution is 5.94. The van der Waals surface area contributed by atoms with Gasteiger partial charge in [0.05, 0.1) is 0 Å². The number of benzene rings is 1. The SMILES string of the molecule is Cc1oc2cccc(N3CCNCC3)c2c1C. The quantitative estimate of drug-likeness (QED) is 0.815. The molecule has 1 fully saturated rings. The van der Waals surface area contributed by atoms with Crippen molar-refractivity contribution in [2.24, 2.45) is 0 Å². The minimum atomic E-state index is 1.01. The van der Waals surface area contributed by atoms with E-state index in [1.807, 2.05) is 6.92 Å². The molecule has 0 saturated carbocycles. The molecule has 90 valence electrons. The fourth-order valence-electron chi connectivity index (χ4n) is 2.57. The van der Waals surface area contributed by atoms with E-state index in [2.05, 4.69) is 35.3 Å². The Balaban J connectivity index is 2.14. The third-order valence-electron chi connectivity index (χ3n) is 3.63. The van der Waals surface area contributed by atoms with E-state index < -0.39 is 0 Å². The van der Waals surface area contributed by atoms with Crippen LogP contribution in [-0.2, 0) is 0 Å². The van der Waals surface area contributed by atoms with Crippen molar-refractivity contribution >= 4 is 16.7 Å². The first-order valence-corrected chi connectivity index (χ1v) is 6.22. The van der Waals surface area contributed by atoms with Crippen LogP contribution in [-0.4, -0.2) is 26.2 Å². The van der Waals surface area contributed by atoms with Crippen molar-refractivity contribution in [2.45, 2.75) is 13.8 Å². The molecule has 1 saturated heterocycles. The summed E-state index contributed by atoms with van der Waals surface area (Å²) in [6.45, 7) is 8.45. The number of fused-ring (bicyclic) bond motifs is 1. The number of hydrogen-bond acceptors (Lipinski definition) is 3. The van der Waals surface area contributed by atoms with E-state index in [9.17, 15) is 0 Å². The van der Waals surface area contributed by atoms with Gasteiger partial charge < -0.3 is 14.6 Å². The third-order valence-corrected chi connectivity index (χ3v) is 3.63. The molecule has 17 heavy (non-hydrogen) atoms. The van der Waals surface area contributed by atoms with Crippen LogP contribution >= 0.6 is 0 Å². The van der Waals surface area contributed by atoms with Crippen LogP contribution in [0.2, 0.25) is 0 Å². The summed E-state index contributed by atoms with van der Waals surface area (Å²) in [6, 6.07) is 6.35. The van der Waals surface area contributed by atoms with Gasteiger partial charge in [-0.3, -0.25) is 0 Å². The lowest BCUT2D eigenvalue weighted by Gasteiger charge is -2.30. The Hall–Kier alpha value is -1.48. The summed E-state index contributed by atoms with van der Waals surface area (Å²) in [5, 5.41) is 4.67.